The van der Waals surface area contributed by atoms with Crippen LogP contribution < -0.4 is 5.32 Å². The highest BCUT2D eigenvalue weighted by Gasteiger charge is 2.17. The lowest BCUT2D eigenvalue weighted by Crippen LogP contribution is -2.23. The maximum atomic E-state index is 6.27. The zero-order chi connectivity index (χ0) is 13.8. The molecule has 19 heavy (non-hydrogen) atoms. The number of hydrogen-bond donors (Lipinski definition) is 1. The predicted octanol–water partition coefficient (Wildman–Crippen LogP) is 5.86. The number of rotatable bonds is 5. The second-order valence-corrected chi connectivity index (χ2v) is 6.27. The third-order valence-corrected chi connectivity index (χ3v) is 5.01. The van der Waals surface area contributed by atoms with Gasteiger partial charge in [-0.25, -0.2) is 0 Å². The van der Waals surface area contributed by atoms with Gasteiger partial charge >= 0.3 is 0 Å². The third kappa shape index (κ3) is 3.51. The summed E-state index contributed by atoms with van der Waals surface area (Å²) in [6.07, 6.45) is 1.04. The molecule has 2 aromatic rings. The first-order valence-corrected chi connectivity index (χ1v) is 8.00. The number of thiophene rings is 1. The molecule has 0 aliphatic rings. The van der Waals surface area contributed by atoms with Crippen molar-refractivity contribution in [2.24, 2.45) is 0 Å². The molecule has 1 N–H and O–H groups in total. The molecule has 0 bridgehead atoms. The average molecular weight is 314 g/mol. The highest BCUT2D eigenvalue weighted by atomic mass is 35.5. The topological polar surface area (TPSA) is 12.0 Å². The normalized spacial score (nSPS) is 14.3. The van der Waals surface area contributed by atoms with Gasteiger partial charge in [0.2, 0.25) is 0 Å². The van der Waals surface area contributed by atoms with Crippen LogP contribution >= 0.6 is 34.5 Å². The maximum absolute atomic E-state index is 6.27. The van der Waals surface area contributed by atoms with E-state index in [9.17, 15) is 0 Å². The molecule has 0 aliphatic heterocycles. The fourth-order valence-corrected chi connectivity index (χ4v) is 3.48. The first kappa shape index (κ1) is 14.9. The second kappa shape index (κ2) is 6.76. The van der Waals surface area contributed by atoms with Crippen LogP contribution in [0.1, 0.15) is 42.8 Å². The van der Waals surface area contributed by atoms with Gasteiger partial charge < -0.3 is 5.32 Å². The molecule has 1 heterocycles. The molecule has 2 rings (SSSR count). The minimum atomic E-state index is 0.165. The summed E-state index contributed by atoms with van der Waals surface area (Å²) in [7, 11) is 0. The lowest BCUT2D eigenvalue weighted by atomic mass is 10.1. The molecule has 0 radical (unpaired) electrons. The van der Waals surface area contributed by atoms with Crippen molar-refractivity contribution in [3.63, 3.8) is 0 Å². The van der Waals surface area contributed by atoms with Crippen LogP contribution in [0.25, 0.3) is 0 Å². The van der Waals surface area contributed by atoms with Crippen LogP contribution in [0.2, 0.25) is 10.0 Å². The van der Waals surface area contributed by atoms with Crippen LogP contribution in [0.15, 0.2) is 35.7 Å². The number of nitrogens with one attached hydrogen (secondary N) is 1. The molecule has 4 heteroatoms. The lowest BCUT2D eigenvalue weighted by Gasteiger charge is -2.22. The van der Waals surface area contributed by atoms with E-state index in [0.717, 1.165) is 12.0 Å². The van der Waals surface area contributed by atoms with Crippen LogP contribution in [-0.4, -0.2) is 0 Å². The Balaban J connectivity index is 2.16. The van der Waals surface area contributed by atoms with Crippen molar-refractivity contribution < 1.29 is 0 Å². The Hall–Kier alpha value is -0.540. The standard InChI is InChI=1S/C15H17Cl2NS/c1-3-13(14-8-5-9-19-14)18-10(2)11-6-4-7-12(16)15(11)17/h4-10,13,18H,3H2,1-2H3. The highest BCUT2D eigenvalue weighted by molar-refractivity contribution is 7.10. The number of benzene rings is 1. The first-order chi connectivity index (χ1) is 9.13. The van der Waals surface area contributed by atoms with Gasteiger partial charge in [0.05, 0.1) is 10.0 Å². The zero-order valence-electron chi connectivity index (χ0n) is 11.0. The van der Waals surface area contributed by atoms with Crippen LogP contribution in [0, 0.1) is 0 Å². The highest BCUT2D eigenvalue weighted by Crippen LogP contribution is 2.32. The number of halogens is 2. The van der Waals surface area contributed by atoms with E-state index in [0.29, 0.717) is 16.1 Å². The fraction of sp³-hybridized carbons (Fsp3) is 0.333. The van der Waals surface area contributed by atoms with Gasteiger partial charge in [0.15, 0.2) is 0 Å². The van der Waals surface area contributed by atoms with Gasteiger partial charge in [-0.15, -0.1) is 11.3 Å². The quantitative estimate of drug-likeness (QED) is 0.729. The van der Waals surface area contributed by atoms with Gasteiger partial charge in [-0.2, -0.15) is 0 Å². The molecule has 1 aromatic heterocycles. The molecular formula is C15H17Cl2NS. The SMILES string of the molecule is CCC(NC(C)c1cccc(Cl)c1Cl)c1cccs1. The van der Waals surface area contributed by atoms with Crippen molar-refractivity contribution in [1.29, 1.82) is 0 Å². The van der Waals surface area contributed by atoms with Gasteiger partial charge in [0.1, 0.15) is 0 Å². The third-order valence-electron chi connectivity index (χ3n) is 3.19. The Morgan fingerprint density at radius 1 is 1.21 bits per heavy atom. The Kier molecular flexibility index (Phi) is 5.28. The van der Waals surface area contributed by atoms with Crippen molar-refractivity contribution in [2.75, 3.05) is 0 Å². The van der Waals surface area contributed by atoms with Crippen molar-refractivity contribution in [3.8, 4) is 0 Å². The molecule has 2 atom stereocenters. The van der Waals surface area contributed by atoms with Crippen LogP contribution in [-0.2, 0) is 0 Å². The number of hydrogen-bond acceptors (Lipinski definition) is 2. The molecule has 0 spiro atoms. The summed E-state index contributed by atoms with van der Waals surface area (Å²) in [4.78, 5) is 1.35. The predicted molar refractivity (Wildman–Crippen MR) is 85.4 cm³/mol. The Bertz CT molecular complexity index is 525. The van der Waals surface area contributed by atoms with E-state index in [2.05, 4.69) is 36.7 Å². The van der Waals surface area contributed by atoms with Crippen LogP contribution in [0.3, 0.4) is 0 Å². The Morgan fingerprint density at radius 2 is 2.00 bits per heavy atom. The molecule has 1 aromatic carbocycles. The van der Waals surface area contributed by atoms with Gasteiger partial charge in [-0.1, -0.05) is 48.3 Å². The summed E-state index contributed by atoms with van der Waals surface area (Å²) in [5.74, 6) is 0. The summed E-state index contributed by atoms with van der Waals surface area (Å²) < 4.78 is 0. The molecule has 2 unspecified atom stereocenters. The second-order valence-electron chi connectivity index (χ2n) is 4.51. The summed E-state index contributed by atoms with van der Waals surface area (Å²) in [5, 5.41) is 6.98. The van der Waals surface area contributed by atoms with Gasteiger partial charge in [0, 0.05) is 17.0 Å². The van der Waals surface area contributed by atoms with E-state index >= 15 is 0 Å². The van der Waals surface area contributed by atoms with E-state index in [1.807, 2.05) is 18.2 Å². The Labute approximate surface area is 128 Å². The van der Waals surface area contributed by atoms with E-state index in [1.54, 1.807) is 11.3 Å². The largest absolute Gasteiger partial charge is 0.303 e. The summed E-state index contributed by atoms with van der Waals surface area (Å²) in [5.41, 5.74) is 1.05. The smallest absolute Gasteiger partial charge is 0.0639 e. The van der Waals surface area contributed by atoms with Crippen molar-refractivity contribution >= 4 is 34.5 Å². The van der Waals surface area contributed by atoms with Gasteiger partial charge in [-0.3, -0.25) is 0 Å². The molecule has 0 aliphatic carbocycles. The summed E-state index contributed by atoms with van der Waals surface area (Å²) in [6.45, 7) is 4.30. The minimum absolute atomic E-state index is 0.165. The minimum Gasteiger partial charge on any atom is -0.303 e. The van der Waals surface area contributed by atoms with Crippen molar-refractivity contribution in [1.82, 2.24) is 5.32 Å². The summed E-state index contributed by atoms with van der Waals surface area (Å²) >= 11 is 14.1. The van der Waals surface area contributed by atoms with Gasteiger partial charge in [-0.05, 0) is 36.4 Å². The van der Waals surface area contributed by atoms with Gasteiger partial charge in [0.25, 0.3) is 0 Å². The molecule has 0 saturated carbocycles. The molecular weight excluding hydrogens is 297 g/mol. The van der Waals surface area contributed by atoms with Crippen molar-refractivity contribution in [3.05, 3.63) is 56.2 Å². The Morgan fingerprint density at radius 3 is 2.63 bits per heavy atom. The van der Waals surface area contributed by atoms with E-state index < -0.39 is 0 Å². The lowest BCUT2D eigenvalue weighted by molar-refractivity contribution is 0.462. The van der Waals surface area contributed by atoms with E-state index in [4.69, 9.17) is 23.2 Å². The molecule has 102 valence electrons. The van der Waals surface area contributed by atoms with E-state index in [-0.39, 0.29) is 6.04 Å². The summed E-state index contributed by atoms with van der Waals surface area (Å²) in [6, 6.07) is 10.5. The molecule has 1 nitrogen and oxygen atoms in total. The maximum Gasteiger partial charge on any atom is 0.0639 e. The molecule has 0 fully saturated rings. The fourth-order valence-electron chi connectivity index (χ4n) is 2.14. The first-order valence-electron chi connectivity index (χ1n) is 6.36. The molecule has 0 amide bonds. The zero-order valence-corrected chi connectivity index (χ0v) is 13.3. The van der Waals surface area contributed by atoms with Crippen LogP contribution in [0.5, 0.6) is 0 Å². The van der Waals surface area contributed by atoms with E-state index in [1.165, 1.54) is 4.88 Å². The average Bonchev–Trinajstić information content (AvgIpc) is 2.92. The van der Waals surface area contributed by atoms with Crippen molar-refractivity contribution in [2.45, 2.75) is 32.4 Å². The van der Waals surface area contributed by atoms with Crippen LogP contribution in [0.4, 0.5) is 0 Å². The molecule has 0 saturated heterocycles. The monoisotopic (exact) mass is 313 g/mol.